The van der Waals surface area contributed by atoms with E-state index in [-0.39, 0.29) is 18.3 Å². The molecule has 0 atom stereocenters. The Labute approximate surface area is 145 Å². The summed E-state index contributed by atoms with van der Waals surface area (Å²) in [4.78, 5) is 23.9. The summed E-state index contributed by atoms with van der Waals surface area (Å²) in [5.74, 6) is 0.483. The first kappa shape index (κ1) is 16.0. The molecule has 7 heteroatoms. The predicted octanol–water partition coefficient (Wildman–Crippen LogP) is 2.92. The van der Waals surface area contributed by atoms with Crippen LogP contribution in [0.5, 0.6) is 0 Å². The number of carbonyl (C=O) groups is 1. The number of para-hydroxylation sites is 1. The van der Waals surface area contributed by atoms with E-state index in [2.05, 4.69) is 25.6 Å². The largest absolute Gasteiger partial charge is 0.356 e. The van der Waals surface area contributed by atoms with Crippen LogP contribution in [0, 0.1) is 0 Å². The first-order valence-electron chi connectivity index (χ1n) is 7.45. The Morgan fingerprint density at radius 1 is 1.12 bits per heavy atom. The minimum absolute atomic E-state index is 0. The maximum absolute atomic E-state index is 11.9. The average molecular weight is 342 g/mol. The molecule has 3 aromatic rings. The predicted molar refractivity (Wildman–Crippen MR) is 94.8 cm³/mol. The number of fused-ring (bicyclic) bond motifs is 1. The Morgan fingerprint density at radius 2 is 1.96 bits per heavy atom. The summed E-state index contributed by atoms with van der Waals surface area (Å²) in [6.45, 7) is 0.663. The second-order valence-corrected chi connectivity index (χ2v) is 5.34. The quantitative estimate of drug-likeness (QED) is 0.684. The van der Waals surface area contributed by atoms with Crippen molar-refractivity contribution in [3.63, 3.8) is 0 Å². The minimum atomic E-state index is -0.0366. The fraction of sp³-hybridized carbons (Fsp3) is 0.118. The number of anilines is 2. The average Bonchev–Trinajstić information content (AvgIpc) is 3.02. The van der Waals surface area contributed by atoms with Gasteiger partial charge in [0, 0.05) is 30.5 Å². The number of nitrogens with one attached hydrogen (secondary N) is 3. The molecule has 0 bridgehead atoms. The van der Waals surface area contributed by atoms with Gasteiger partial charge in [0.25, 0.3) is 5.91 Å². The molecule has 0 saturated carbocycles. The molecule has 2 aromatic heterocycles. The van der Waals surface area contributed by atoms with Crippen molar-refractivity contribution >= 4 is 29.9 Å². The molecule has 1 aliphatic heterocycles. The Hall–Kier alpha value is -2.86. The van der Waals surface area contributed by atoms with Crippen molar-refractivity contribution in [1.82, 2.24) is 20.3 Å². The van der Waals surface area contributed by atoms with Crippen LogP contribution in [0.2, 0.25) is 0 Å². The fourth-order valence-electron chi connectivity index (χ4n) is 2.65. The number of hydrogen-bond donors (Lipinski definition) is 3. The van der Waals surface area contributed by atoms with Crippen molar-refractivity contribution < 1.29 is 4.79 Å². The summed E-state index contributed by atoms with van der Waals surface area (Å²) < 4.78 is 0. The van der Waals surface area contributed by atoms with Crippen molar-refractivity contribution in [1.29, 1.82) is 0 Å². The van der Waals surface area contributed by atoms with Crippen molar-refractivity contribution in [2.45, 2.75) is 6.42 Å². The molecule has 0 spiro atoms. The molecule has 3 N–H and O–H groups in total. The van der Waals surface area contributed by atoms with Gasteiger partial charge in [-0.05, 0) is 24.3 Å². The summed E-state index contributed by atoms with van der Waals surface area (Å²) in [5.41, 5.74) is 4.16. The lowest BCUT2D eigenvalue weighted by molar-refractivity contribution is 0.0946. The fourth-order valence-corrected chi connectivity index (χ4v) is 2.65. The summed E-state index contributed by atoms with van der Waals surface area (Å²) in [7, 11) is 0. The molecule has 0 saturated heterocycles. The number of carbonyl (C=O) groups excluding carboxylic acids is 1. The molecule has 6 nitrogen and oxygen atoms in total. The van der Waals surface area contributed by atoms with E-state index in [0.29, 0.717) is 18.1 Å². The zero-order chi connectivity index (χ0) is 15.6. The first-order chi connectivity index (χ1) is 11.3. The zero-order valence-electron chi connectivity index (χ0n) is 12.7. The molecule has 1 amide bonds. The summed E-state index contributed by atoms with van der Waals surface area (Å²) in [6.07, 6.45) is 2.51. The van der Waals surface area contributed by atoms with Gasteiger partial charge in [-0.15, -0.1) is 12.4 Å². The van der Waals surface area contributed by atoms with Crippen LogP contribution < -0.4 is 10.6 Å². The van der Waals surface area contributed by atoms with Gasteiger partial charge in [0.2, 0.25) is 5.95 Å². The highest BCUT2D eigenvalue weighted by Crippen LogP contribution is 2.23. The van der Waals surface area contributed by atoms with E-state index in [1.165, 1.54) is 0 Å². The number of amides is 1. The maximum Gasteiger partial charge on any atom is 0.253 e. The van der Waals surface area contributed by atoms with Crippen LogP contribution in [0.15, 0.2) is 48.7 Å². The van der Waals surface area contributed by atoms with Crippen molar-refractivity contribution in [3.05, 3.63) is 59.9 Å². The summed E-state index contributed by atoms with van der Waals surface area (Å²) in [5, 5.41) is 6.01. The number of hydrogen-bond acceptors (Lipinski definition) is 4. The standard InChI is InChI=1S/C17H15N5O.ClH/c23-16-12-10-15(21-13(12)6-8-18-16)14-7-9-19-17(22-14)20-11-4-2-1-3-5-11;/h1-5,7,9-10,21H,6,8H2,(H,18,23)(H,19,20,22);1H. The van der Waals surface area contributed by atoms with Gasteiger partial charge in [0.1, 0.15) is 0 Å². The number of nitrogens with zero attached hydrogens (tertiary/aromatic N) is 2. The normalized spacial score (nSPS) is 12.8. The van der Waals surface area contributed by atoms with Crippen LogP contribution in [0.1, 0.15) is 16.1 Å². The molecule has 0 unspecified atom stereocenters. The molecule has 0 radical (unpaired) electrons. The van der Waals surface area contributed by atoms with Crippen LogP contribution in [0.4, 0.5) is 11.6 Å². The lowest BCUT2D eigenvalue weighted by Gasteiger charge is -2.10. The van der Waals surface area contributed by atoms with Gasteiger partial charge in [0.15, 0.2) is 0 Å². The smallest absolute Gasteiger partial charge is 0.253 e. The molecular formula is C17H16ClN5O. The third-order valence-electron chi connectivity index (χ3n) is 3.77. The van der Waals surface area contributed by atoms with Crippen molar-refractivity contribution in [3.8, 4) is 11.4 Å². The van der Waals surface area contributed by atoms with Gasteiger partial charge < -0.3 is 15.6 Å². The van der Waals surface area contributed by atoms with Gasteiger partial charge in [-0.2, -0.15) is 0 Å². The topological polar surface area (TPSA) is 82.7 Å². The molecule has 24 heavy (non-hydrogen) atoms. The molecule has 1 aromatic carbocycles. The van der Waals surface area contributed by atoms with Gasteiger partial charge >= 0.3 is 0 Å². The monoisotopic (exact) mass is 341 g/mol. The third kappa shape index (κ3) is 3.09. The molecule has 0 fully saturated rings. The van der Waals surface area contributed by atoms with Crippen LogP contribution in [-0.2, 0) is 6.42 Å². The maximum atomic E-state index is 11.9. The Kier molecular flexibility index (Phi) is 4.48. The van der Waals surface area contributed by atoms with E-state index in [1.54, 1.807) is 6.20 Å². The lowest BCUT2D eigenvalue weighted by atomic mass is 10.1. The molecule has 4 rings (SSSR count). The van der Waals surface area contributed by atoms with Crippen molar-refractivity contribution in [2.75, 3.05) is 11.9 Å². The SMILES string of the molecule is Cl.O=C1NCCc2[nH]c(-c3ccnc(Nc4ccccc4)n3)cc21. The van der Waals surface area contributed by atoms with Crippen LogP contribution in [0.3, 0.4) is 0 Å². The number of benzene rings is 1. The van der Waals surface area contributed by atoms with E-state index in [4.69, 9.17) is 0 Å². The second-order valence-electron chi connectivity index (χ2n) is 5.34. The molecule has 1 aliphatic rings. The molecular weight excluding hydrogens is 326 g/mol. The summed E-state index contributed by atoms with van der Waals surface area (Å²) in [6, 6.07) is 13.4. The van der Waals surface area contributed by atoms with Crippen LogP contribution in [0.25, 0.3) is 11.4 Å². The van der Waals surface area contributed by atoms with E-state index >= 15 is 0 Å². The first-order valence-corrected chi connectivity index (χ1v) is 7.45. The van der Waals surface area contributed by atoms with Gasteiger partial charge in [-0.1, -0.05) is 18.2 Å². The van der Waals surface area contributed by atoms with E-state index in [9.17, 15) is 4.79 Å². The van der Waals surface area contributed by atoms with E-state index < -0.39 is 0 Å². The Morgan fingerprint density at radius 3 is 2.75 bits per heavy atom. The number of H-pyrrole nitrogens is 1. The molecule has 3 heterocycles. The minimum Gasteiger partial charge on any atom is -0.356 e. The van der Waals surface area contributed by atoms with Gasteiger partial charge in [-0.25, -0.2) is 9.97 Å². The third-order valence-corrected chi connectivity index (χ3v) is 3.77. The Balaban J connectivity index is 0.00000169. The summed E-state index contributed by atoms with van der Waals surface area (Å²) >= 11 is 0. The highest BCUT2D eigenvalue weighted by atomic mass is 35.5. The van der Waals surface area contributed by atoms with Gasteiger partial charge in [-0.3, -0.25) is 4.79 Å². The van der Waals surface area contributed by atoms with E-state index in [1.807, 2.05) is 42.5 Å². The number of halogens is 1. The number of rotatable bonds is 3. The van der Waals surface area contributed by atoms with E-state index in [0.717, 1.165) is 29.2 Å². The zero-order valence-corrected chi connectivity index (χ0v) is 13.6. The second kappa shape index (κ2) is 6.72. The highest BCUT2D eigenvalue weighted by Gasteiger charge is 2.20. The van der Waals surface area contributed by atoms with Crippen LogP contribution in [-0.4, -0.2) is 27.4 Å². The number of aromatic nitrogens is 3. The number of aromatic amines is 1. The van der Waals surface area contributed by atoms with Crippen LogP contribution >= 0.6 is 12.4 Å². The van der Waals surface area contributed by atoms with Gasteiger partial charge in [0.05, 0.1) is 17.0 Å². The Bertz CT molecular complexity index is 862. The lowest BCUT2D eigenvalue weighted by Crippen LogP contribution is -2.31. The highest BCUT2D eigenvalue weighted by molar-refractivity contribution is 5.97. The van der Waals surface area contributed by atoms with Crippen molar-refractivity contribution in [2.24, 2.45) is 0 Å². The molecule has 0 aliphatic carbocycles. The molecule has 122 valence electrons.